The normalized spacial score (nSPS) is 18.6. The van der Waals surface area contributed by atoms with Gasteiger partial charge in [0.05, 0.1) is 20.1 Å². The largest absolute Gasteiger partial charge is 0.508 e. The Morgan fingerprint density at radius 1 is 1.05 bits per heavy atom. The number of aromatic hydroxyl groups is 2. The molecule has 0 spiro atoms. The van der Waals surface area contributed by atoms with Gasteiger partial charge in [0.2, 0.25) is 0 Å². The first-order chi connectivity index (χ1) is 19.8. The maximum Gasteiger partial charge on any atom is 0.302 e. The van der Waals surface area contributed by atoms with E-state index in [1.54, 1.807) is 31.4 Å². The number of phenolic OH excluding ortho intramolecular Hbond substituents is 2. The highest BCUT2D eigenvalue weighted by molar-refractivity contribution is 5.83. The predicted molar refractivity (Wildman–Crippen MR) is 153 cm³/mol. The molecule has 0 aromatic heterocycles. The van der Waals surface area contributed by atoms with Crippen LogP contribution in [-0.2, 0) is 22.5 Å². The Bertz CT molecular complexity index is 1450. The number of phenols is 2. The second-order valence-corrected chi connectivity index (χ2v) is 10.5. The Labute approximate surface area is 239 Å². The zero-order valence-electron chi connectivity index (χ0n) is 23.8. The molecule has 41 heavy (non-hydrogen) atoms. The first-order valence-electron chi connectivity index (χ1n) is 13.9. The molecule has 0 saturated carbocycles. The monoisotopic (exact) mass is 563 g/mol. The van der Waals surface area contributed by atoms with Gasteiger partial charge in [-0.1, -0.05) is 19.1 Å². The highest BCUT2D eigenvalue weighted by Gasteiger charge is 2.42. The molecule has 3 atom stereocenters. The Hall–Kier alpha value is -3.95. The summed E-state index contributed by atoms with van der Waals surface area (Å²) in [6.07, 6.45) is 0.582. The standard InChI is InChI=1S/C32H37NO8/c1-5-33-15-19-11-27(37)28(38-3)14-24(19)32-26(16-40-17(2)35)22-7-6-21-25(31(22)41-32)10-18(8-9-34)23-12-20(36)13-29(39-4)30(21)23/h6-7,11-14,18,26,32-34,36-37H,5,8-10,15-16H2,1-4H3/t18-,26+,32+/m1/s1. The Morgan fingerprint density at radius 2 is 1.83 bits per heavy atom. The summed E-state index contributed by atoms with van der Waals surface area (Å²) in [6, 6.07) is 10.9. The van der Waals surface area contributed by atoms with E-state index in [-0.39, 0.29) is 42.5 Å². The van der Waals surface area contributed by atoms with Gasteiger partial charge in [0.1, 0.15) is 30.0 Å². The van der Waals surface area contributed by atoms with Gasteiger partial charge in [-0.2, -0.15) is 0 Å². The summed E-state index contributed by atoms with van der Waals surface area (Å²) in [5, 5.41) is 34.2. The van der Waals surface area contributed by atoms with Crippen molar-refractivity contribution >= 4 is 5.97 Å². The number of hydrogen-bond donors (Lipinski definition) is 4. The quantitative estimate of drug-likeness (QED) is 0.260. The molecule has 0 radical (unpaired) electrons. The summed E-state index contributed by atoms with van der Waals surface area (Å²) in [7, 11) is 3.08. The van der Waals surface area contributed by atoms with E-state index in [0.29, 0.717) is 30.9 Å². The van der Waals surface area contributed by atoms with Crippen LogP contribution in [0, 0.1) is 0 Å². The molecule has 0 amide bonds. The Balaban J connectivity index is 1.68. The molecule has 9 nitrogen and oxygen atoms in total. The van der Waals surface area contributed by atoms with Crippen LogP contribution in [0.15, 0.2) is 36.4 Å². The molecule has 218 valence electrons. The summed E-state index contributed by atoms with van der Waals surface area (Å²) in [4.78, 5) is 11.9. The number of ether oxygens (including phenoxy) is 4. The van der Waals surface area contributed by atoms with Crippen LogP contribution in [0.4, 0.5) is 0 Å². The molecule has 1 aliphatic heterocycles. The summed E-state index contributed by atoms with van der Waals surface area (Å²) in [6.45, 7) is 4.75. The van der Waals surface area contributed by atoms with Crippen LogP contribution >= 0.6 is 0 Å². The predicted octanol–water partition coefficient (Wildman–Crippen LogP) is 4.69. The molecule has 9 heteroatoms. The minimum Gasteiger partial charge on any atom is -0.508 e. The number of carbonyl (C=O) groups excluding carboxylic acids is 1. The SMILES string of the molecule is CCNCc1cc(O)c(OC)cc1[C@@H]1Oc2c(ccc3c2C[C@@H](CCO)c2cc(O)cc(OC)c2-3)[C@@H]1COC(C)=O. The third-order valence-corrected chi connectivity index (χ3v) is 8.05. The minimum atomic E-state index is -0.515. The number of esters is 1. The second kappa shape index (κ2) is 11.9. The second-order valence-electron chi connectivity index (χ2n) is 10.5. The molecule has 1 heterocycles. The van der Waals surface area contributed by atoms with Crippen LogP contribution in [0.25, 0.3) is 11.1 Å². The number of rotatable bonds is 10. The Morgan fingerprint density at radius 3 is 2.51 bits per heavy atom. The smallest absolute Gasteiger partial charge is 0.302 e. The van der Waals surface area contributed by atoms with Crippen molar-refractivity contribution in [2.24, 2.45) is 0 Å². The van der Waals surface area contributed by atoms with Gasteiger partial charge in [-0.15, -0.1) is 0 Å². The van der Waals surface area contributed by atoms with Crippen LogP contribution in [-0.4, -0.2) is 55.3 Å². The summed E-state index contributed by atoms with van der Waals surface area (Å²) >= 11 is 0. The maximum atomic E-state index is 11.9. The Kier molecular flexibility index (Phi) is 8.28. The van der Waals surface area contributed by atoms with Crippen LogP contribution in [0.2, 0.25) is 0 Å². The number of methoxy groups -OCH3 is 2. The van der Waals surface area contributed by atoms with Gasteiger partial charge in [0.15, 0.2) is 11.5 Å². The molecular formula is C32H37NO8. The molecule has 5 rings (SSSR count). The molecule has 0 saturated heterocycles. The average molecular weight is 564 g/mol. The fraction of sp³-hybridized carbons (Fsp3) is 0.406. The lowest BCUT2D eigenvalue weighted by molar-refractivity contribution is -0.141. The zero-order valence-corrected chi connectivity index (χ0v) is 23.8. The van der Waals surface area contributed by atoms with Crippen LogP contribution < -0.4 is 19.5 Å². The minimum absolute atomic E-state index is 0.00785. The first-order valence-corrected chi connectivity index (χ1v) is 13.9. The lowest BCUT2D eigenvalue weighted by Crippen LogP contribution is -2.20. The fourth-order valence-corrected chi connectivity index (χ4v) is 6.18. The van der Waals surface area contributed by atoms with Gasteiger partial charge in [-0.3, -0.25) is 4.79 Å². The van der Waals surface area contributed by atoms with Crippen molar-refractivity contribution in [3.05, 3.63) is 64.2 Å². The molecule has 0 unspecified atom stereocenters. The van der Waals surface area contributed by atoms with Gasteiger partial charge in [-0.05, 0) is 60.2 Å². The van der Waals surface area contributed by atoms with Crippen molar-refractivity contribution in [2.75, 3.05) is 34.0 Å². The van der Waals surface area contributed by atoms with Crippen molar-refractivity contribution < 1.29 is 39.1 Å². The highest BCUT2D eigenvalue weighted by Crippen LogP contribution is 2.56. The molecular weight excluding hydrogens is 526 g/mol. The van der Waals surface area contributed by atoms with Gasteiger partial charge in [-0.25, -0.2) is 0 Å². The van der Waals surface area contributed by atoms with Crippen molar-refractivity contribution in [2.45, 2.75) is 51.2 Å². The summed E-state index contributed by atoms with van der Waals surface area (Å²) < 4.78 is 23.5. The molecule has 4 N–H and O–H groups in total. The number of aliphatic hydroxyl groups is 1. The number of hydrogen-bond acceptors (Lipinski definition) is 9. The molecule has 3 aromatic rings. The van der Waals surface area contributed by atoms with E-state index in [2.05, 4.69) is 5.32 Å². The van der Waals surface area contributed by atoms with Gasteiger partial charge >= 0.3 is 5.97 Å². The number of fused-ring (bicyclic) bond motifs is 5. The molecule has 2 aliphatic rings. The van der Waals surface area contributed by atoms with Crippen LogP contribution in [0.5, 0.6) is 28.7 Å². The lowest BCUT2D eigenvalue weighted by Gasteiger charge is -2.30. The molecule has 0 bridgehead atoms. The van der Waals surface area contributed by atoms with E-state index in [0.717, 1.165) is 51.2 Å². The average Bonchev–Trinajstić information content (AvgIpc) is 3.33. The zero-order chi connectivity index (χ0) is 29.3. The first kappa shape index (κ1) is 28.6. The van der Waals surface area contributed by atoms with E-state index in [1.807, 2.05) is 19.1 Å². The van der Waals surface area contributed by atoms with Crippen molar-refractivity contribution in [1.29, 1.82) is 0 Å². The maximum absolute atomic E-state index is 11.9. The van der Waals surface area contributed by atoms with E-state index < -0.39 is 6.10 Å². The molecule has 1 aliphatic carbocycles. The van der Waals surface area contributed by atoms with Crippen molar-refractivity contribution in [3.63, 3.8) is 0 Å². The lowest BCUT2D eigenvalue weighted by atomic mass is 9.75. The number of aliphatic hydroxyl groups excluding tert-OH is 1. The third kappa shape index (κ3) is 5.27. The molecule has 3 aromatic carbocycles. The van der Waals surface area contributed by atoms with Gasteiger partial charge in [0, 0.05) is 48.4 Å². The van der Waals surface area contributed by atoms with Crippen molar-refractivity contribution in [3.8, 4) is 39.9 Å². The van der Waals surface area contributed by atoms with Crippen LogP contribution in [0.3, 0.4) is 0 Å². The fourth-order valence-electron chi connectivity index (χ4n) is 6.18. The van der Waals surface area contributed by atoms with Crippen LogP contribution in [0.1, 0.15) is 66.0 Å². The van der Waals surface area contributed by atoms with E-state index in [1.165, 1.54) is 14.0 Å². The van der Waals surface area contributed by atoms with E-state index >= 15 is 0 Å². The van der Waals surface area contributed by atoms with E-state index in [4.69, 9.17) is 18.9 Å². The van der Waals surface area contributed by atoms with E-state index in [9.17, 15) is 20.1 Å². The topological polar surface area (TPSA) is 127 Å². The number of benzene rings is 3. The van der Waals surface area contributed by atoms with Gasteiger partial charge < -0.3 is 39.6 Å². The van der Waals surface area contributed by atoms with Gasteiger partial charge in [0.25, 0.3) is 0 Å². The highest BCUT2D eigenvalue weighted by atomic mass is 16.5. The summed E-state index contributed by atoms with van der Waals surface area (Å²) in [5.41, 5.74) is 6.31. The van der Waals surface area contributed by atoms with Crippen molar-refractivity contribution in [1.82, 2.24) is 5.32 Å². The third-order valence-electron chi connectivity index (χ3n) is 8.05. The molecule has 0 fully saturated rings. The number of carbonyl (C=O) groups is 1. The summed E-state index contributed by atoms with van der Waals surface area (Å²) in [5.74, 6) is 0.979. The number of nitrogens with one attached hydrogen (secondary N) is 1.